The van der Waals surface area contributed by atoms with E-state index >= 15 is 0 Å². The van der Waals surface area contributed by atoms with E-state index in [4.69, 9.17) is 213 Å². The summed E-state index contributed by atoms with van der Waals surface area (Å²) in [5, 5.41) is 0. The third-order valence-corrected chi connectivity index (χ3v) is 81.5. The van der Waals surface area contributed by atoms with Crippen LogP contribution >= 0.6 is 177 Å². The van der Waals surface area contributed by atoms with Crippen LogP contribution in [-0.4, -0.2) is 144 Å². The van der Waals surface area contributed by atoms with Crippen LogP contribution in [0.3, 0.4) is 0 Å². The summed E-state index contributed by atoms with van der Waals surface area (Å²) in [6.07, 6.45) is 6.90. The van der Waals surface area contributed by atoms with Gasteiger partial charge in [0.05, 0.1) is 8.07 Å². The predicted octanol–water partition coefficient (Wildman–Crippen LogP) is 30.5. The summed E-state index contributed by atoms with van der Waals surface area (Å²) in [4.78, 5) is 118. The molecule has 0 rings (SSSR count). The largest absolute Gasteiger partial charge is 0.485 e. The van der Waals surface area contributed by atoms with Crippen molar-refractivity contribution in [1.82, 2.24) is 0 Å². The zero-order valence-corrected chi connectivity index (χ0v) is 96.9. The van der Waals surface area contributed by atoms with Crippen molar-refractivity contribution in [2.24, 2.45) is 0 Å². The van der Waals surface area contributed by atoms with Crippen molar-refractivity contribution in [3.63, 3.8) is 0 Å². The molecule has 0 bridgehead atoms. The van der Waals surface area contributed by atoms with Crippen molar-refractivity contribution in [2.45, 2.75) is 406 Å². The smallest absolute Gasteiger partial charge is 0.463 e. The monoisotopic (exact) mass is 2180 g/mol. The standard InChI is InChI=1S/C72H140Cl16O16Si13/c1-13-106(73,74)49-33-25-41-65(89)97-114(21-9,98-66(90)42-26-34-50-107(75,76)14-2)61-57-105(58-62-115(22-10,99-67(91)43-27-35-51-108(77,78)15-3)100-68(92)44-28-36-52-109(79,80)16-4,59-63-116(23-11,101-69(93)45-29-37-53-110(81,82)17-5)102-70(94)46-30-38-54-111(83,84)18-6)60-64-117(24-12,103-71(95)47-31-39-55-112(85,86)19-7)104-72(96)48-32-40-56-113(87,88)20-8/h13-64H2,1-12H3. The number of carbonyl (C=O) groups excluding carboxylic acids is 8. The van der Waals surface area contributed by atoms with Gasteiger partial charge in [-0.25, -0.2) is 0 Å². The maximum Gasteiger partial charge on any atom is 0.463 e. The van der Waals surface area contributed by atoms with E-state index in [9.17, 15) is 38.4 Å². The maximum atomic E-state index is 14.8. The summed E-state index contributed by atoms with van der Waals surface area (Å²) in [7, 11) is -20.4. The summed E-state index contributed by atoms with van der Waals surface area (Å²) in [5.74, 6) is -4.76. The molecule has 0 aromatic heterocycles. The second kappa shape index (κ2) is 61.0. The Bertz CT molecular complexity index is 2390. The van der Waals surface area contributed by atoms with Gasteiger partial charge < -0.3 is 35.4 Å². The van der Waals surface area contributed by atoms with Gasteiger partial charge in [0.15, 0.2) is 0 Å². The predicted molar refractivity (Wildman–Crippen MR) is 531 cm³/mol. The molecule has 117 heavy (non-hydrogen) atoms. The summed E-state index contributed by atoms with van der Waals surface area (Å²) in [5.41, 5.74) is 0. The highest BCUT2D eigenvalue weighted by Gasteiger charge is 2.55. The fraction of sp³-hybridized carbons (Fsp3) is 0.889. The Morgan fingerprint density at radius 3 is 0.368 bits per heavy atom. The first kappa shape index (κ1) is 120. The average Bonchev–Trinajstić information content (AvgIpc) is 0.796. The molecule has 0 aliphatic rings. The van der Waals surface area contributed by atoms with Crippen molar-refractivity contribution in [3.05, 3.63) is 0 Å². The first-order valence-corrected chi connectivity index (χ1v) is 90.4. The van der Waals surface area contributed by atoms with E-state index in [0.29, 0.717) is 199 Å². The number of unbranched alkanes of at least 4 members (excludes halogenated alkanes) is 8. The lowest BCUT2D eigenvalue weighted by molar-refractivity contribution is -0.143. The van der Waals surface area contributed by atoms with Gasteiger partial charge in [0.2, 0.25) is 0 Å². The van der Waals surface area contributed by atoms with E-state index in [-0.39, 0.29) is 124 Å². The van der Waals surface area contributed by atoms with Crippen LogP contribution in [0.2, 0.25) is 169 Å². The normalized spacial score (nSPS) is 13.3. The molecule has 0 aromatic carbocycles. The van der Waals surface area contributed by atoms with Crippen LogP contribution in [0.5, 0.6) is 0 Å². The van der Waals surface area contributed by atoms with Crippen molar-refractivity contribution in [1.29, 1.82) is 0 Å². The molecular formula is C72H140Cl16O16Si13. The molecule has 0 atom stereocenters. The Hall–Kier alpha value is 3.22. The van der Waals surface area contributed by atoms with E-state index in [0.717, 1.165) is 0 Å². The Kier molecular flexibility index (Phi) is 62.7. The Balaban J connectivity index is 9.87. The van der Waals surface area contributed by atoms with E-state index in [1.807, 2.05) is 83.1 Å². The molecule has 688 valence electrons. The summed E-state index contributed by atoms with van der Waals surface area (Å²) >= 11 is 108. The number of hydrogen-bond donors (Lipinski definition) is 0. The summed E-state index contributed by atoms with van der Waals surface area (Å²) in [6.45, 7) is 2.00. The Morgan fingerprint density at radius 2 is 0.274 bits per heavy atom. The van der Waals surface area contributed by atoms with E-state index < -0.39 is 144 Å². The molecule has 0 unspecified atom stereocenters. The van der Waals surface area contributed by atoms with Crippen molar-refractivity contribution in [2.75, 3.05) is 0 Å². The lowest BCUT2D eigenvalue weighted by atomic mass is 10.2. The second-order valence-electron chi connectivity index (χ2n) is 31.7. The molecule has 0 spiro atoms. The third kappa shape index (κ3) is 55.9. The molecule has 0 aliphatic heterocycles. The van der Waals surface area contributed by atoms with Gasteiger partial charge in [-0.3, -0.25) is 38.4 Å². The molecule has 0 aliphatic carbocycles. The summed E-state index contributed by atoms with van der Waals surface area (Å²) < 4.78 is 54.2. The minimum absolute atomic E-state index is 0.00729. The minimum Gasteiger partial charge on any atom is -0.485 e. The Morgan fingerprint density at radius 1 is 0.162 bits per heavy atom. The highest BCUT2D eigenvalue weighted by molar-refractivity contribution is 7.48. The van der Waals surface area contributed by atoms with Gasteiger partial charge in [0.25, 0.3) is 101 Å². The SMILES string of the molecule is CC[Si](Cl)(Cl)CCCCC(=O)O[Si](CC)(CC[Si](CC[Si](CC)(OC(=O)CCCC[Si](Cl)(Cl)CC)OC(=O)CCCC[Si](Cl)(Cl)CC)(CC[Si](CC)(OC(=O)CCCC[Si](Cl)(Cl)CC)OC(=O)CCCC[Si](Cl)(Cl)CC)CC[Si](CC)(OC(=O)CCCC[Si](Cl)(Cl)CC)OC(=O)CCCC[Si](Cl)(Cl)CC)OC(=O)CCCC[Si](Cl)(Cl)CC. The average molecular weight is 2190 g/mol. The molecule has 0 aromatic rings. The van der Waals surface area contributed by atoms with E-state index in [1.54, 1.807) is 0 Å². The molecule has 0 radical (unpaired) electrons. The third-order valence-electron chi connectivity index (χ3n) is 22.2. The van der Waals surface area contributed by atoms with E-state index in [1.165, 1.54) is 0 Å². The zero-order valence-electron chi connectivity index (χ0n) is 71.8. The fourth-order valence-corrected chi connectivity index (χ4v) is 52.2. The second-order valence-corrected chi connectivity index (χ2v) is 113. The maximum absolute atomic E-state index is 14.8. The van der Waals surface area contributed by atoms with Gasteiger partial charge in [-0.15, -0.1) is 177 Å². The minimum atomic E-state index is -4.16. The van der Waals surface area contributed by atoms with E-state index in [2.05, 4.69) is 0 Å². The first-order valence-electron chi connectivity index (χ1n) is 43.1. The number of rotatable bonds is 72. The van der Waals surface area contributed by atoms with Crippen molar-refractivity contribution in [3.8, 4) is 0 Å². The molecule has 16 nitrogen and oxygen atoms in total. The number of carbonyl (C=O) groups is 8. The van der Waals surface area contributed by atoms with Crippen molar-refractivity contribution >= 4 is 321 Å². The van der Waals surface area contributed by atoms with Crippen LogP contribution in [0.1, 0.15) is 237 Å². The van der Waals surface area contributed by atoms with Gasteiger partial charge >= 0.3 is 34.2 Å². The van der Waals surface area contributed by atoms with Gasteiger partial charge in [-0.05, 0) is 148 Å². The van der Waals surface area contributed by atoms with Crippen LogP contribution in [0, 0.1) is 0 Å². The molecule has 0 heterocycles. The topological polar surface area (TPSA) is 210 Å². The van der Waals surface area contributed by atoms with Crippen LogP contribution in [0.15, 0.2) is 0 Å². The molecule has 45 heteroatoms. The van der Waals surface area contributed by atoms with Gasteiger partial charge in [0.1, 0.15) is 0 Å². The van der Waals surface area contributed by atoms with Crippen LogP contribution in [0.25, 0.3) is 0 Å². The van der Waals surface area contributed by atoms with Crippen molar-refractivity contribution < 1.29 is 73.8 Å². The van der Waals surface area contributed by atoms with Gasteiger partial charge in [0, 0.05) is 99.7 Å². The fourth-order valence-electron chi connectivity index (χ4n) is 13.1. The lowest BCUT2D eigenvalue weighted by Crippen LogP contribution is -2.52. The van der Waals surface area contributed by atoms with Gasteiger partial charge in [-0.2, -0.15) is 0 Å². The van der Waals surface area contributed by atoms with Crippen LogP contribution in [0.4, 0.5) is 0 Å². The molecule has 0 fully saturated rings. The first-order chi connectivity index (χ1) is 54.4. The van der Waals surface area contributed by atoms with Crippen LogP contribution < -0.4 is 0 Å². The Labute approximate surface area is 792 Å². The number of halogens is 16. The molecular weight excluding hydrogens is 2050 g/mol. The van der Waals surface area contributed by atoms with Gasteiger partial charge in [-0.1, -0.05) is 159 Å². The quantitative estimate of drug-likeness (QED) is 0.0315. The number of hydrogen-bond acceptors (Lipinski definition) is 16. The molecule has 0 N–H and O–H groups in total. The highest BCUT2D eigenvalue weighted by atomic mass is 35.7. The highest BCUT2D eigenvalue weighted by Crippen LogP contribution is 2.45. The lowest BCUT2D eigenvalue weighted by Gasteiger charge is -2.41. The molecule has 0 saturated heterocycles. The molecule has 0 amide bonds. The zero-order chi connectivity index (χ0) is 89.5. The summed E-state index contributed by atoms with van der Waals surface area (Å²) in [6, 6.07) is 10.1. The molecule has 0 saturated carbocycles. The van der Waals surface area contributed by atoms with Crippen LogP contribution in [-0.2, 0) is 73.8 Å².